The molecule has 1 aromatic heterocycles. The molecule has 144 valence electrons. The molecule has 1 heterocycles. The highest BCUT2D eigenvalue weighted by atomic mass is 16.5. The van der Waals surface area contributed by atoms with Crippen molar-refractivity contribution in [3.05, 3.63) is 59.5 Å². The van der Waals surface area contributed by atoms with Crippen molar-refractivity contribution in [2.75, 3.05) is 6.61 Å². The van der Waals surface area contributed by atoms with E-state index in [1.165, 1.54) is 6.26 Å². The monoisotopic (exact) mass is 373 g/mol. The van der Waals surface area contributed by atoms with E-state index < -0.39 is 11.9 Å². The van der Waals surface area contributed by atoms with Crippen LogP contribution in [0.2, 0.25) is 0 Å². The van der Waals surface area contributed by atoms with Crippen LogP contribution in [0.1, 0.15) is 35.5 Å². The van der Waals surface area contributed by atoms with Gasteiger partial charge in [0, 0.05) is 12.6 Å². The molecule has 0 fully saturated rings. The predicted molar refractivity (Wildman–Crippen MR) is 97.8 cm³/mol. The molecule has 8 heteroatoms. The van der Waals surface area contributed by atoms with Crippen molar-refractivity contribution in [2.24, 2.45) is 0 Å². The van der Waals surface area contributed by atoms with Crippen LogP contribution in [0.3, 0.4) is 0 Å². The quantitative estimate of drug-likeness (QED) is 0.613. The molecule has 0 radical (unpaired) electrons. The number of carbonyl (C=O) groups is 3. The number of carbonyl (C=O) groups excluding carboxylic acids is 3. The number of hydrogen-bond acceptors (Lipinski definition) is 5. The number of rotatable bonds is 8. The molecule has 8 nitrogen and oxygen atoms in total. The molecule has 3 N–H and O–H groups in total. The first-order valence-corrected chi connectivity index (χ1v) is 8.53. The minimum Gasteiger partial charge on any atom is -0.467 e. The van der Waals surface area contributed by atoms with E-state index in [1.807, 2.05) is 13.8 Å². The average molecular weight is 373 g/mol. The summed E-state index contributed by atoms with van der Waals surface area (Å²) in [4.78, 5) is 35.2. The maximum atomic E-state index is 12.0. The Balaban J connectivity index is 1.72. The van der Waals surface area contributed by atoms with Crippen LogP contribution < -0.4 is 16.0 Å². The lowest BCUT2D eigenvalue weighted by Crippen LogP contribution is -2.39. The van der Waals surface area contributed by atoms with Crippen LogP contribution in [-0.2, 0) is 22.6 Å². The number of nitrogens with one attached hydrogen (secondary N) is 3. The van der Waals surface area contributed by atoms with Crippen molar-refractivity contribution >= 4 is 17.9 Å². The van der Waals surface area contributed by atoms with Gasteiger partial charge in [-0.2, -0.15) is 0 Å². The van der Waals surface area contributed by atoms with Crippen LogP contribution in [0.5, 0.6) is 0 Å². The van der Waals surface area contributed by atoms with Gasteiger partial charge in [-0.05, 0) is 43.7 Å². The van der Waals surface area contributed by atoms with Gasteiger partial charge in [-0.1, -0.05) is 12.1 Å². The molecule has 0 aliphatic heterocycles. The van der Waals surface area contributed by atoms with Crippen LogP contribution in [0.4, 0.5) is 4.79 Å². The summed E-state index contributed by atoms with van der Waals surface area (Å²) in [7, 11) is 0. The summed E-state index contributed by atoms with van der Waals surface area (Å²) in [6.45, 7) is 3.94. The number of furan rings is 1. The zero-order chi connectivity index (χ0) is 19.6. The van der Waals surface area contributed by atoms with Gasteiger partial charge in [0.15, 0.2) is 6.61 Å². The fourth-order valence-corrected chi connectivity index (χ4v) is 2.12. The molecule has 1 aromatic carbocycles. The molecule has 0 saturated carbocycles. The molecule has 27 heavy (non-hydrogen) atoms. The number of hydrogen-bond donors (Lipinski definition) is 3. The lowest BCUT2D eigenvalue weighted by Gasteiger charge is -2.10. The summed E-state index contributed by atoms with van der Waals surface area (Å²) in [6.07, 6.45) is 1.51. The highest BCUT2D eigenvalue weighted by Crippen LogP contribution is 2.06. The molecule has 2 rings (SSSR count). The third-order valence-corrected chi connectivity index (χ3v) is 3.44. The van der Waals surface area contributed by atoms with Crippen LogP contribution in [0, 0.1) is 0 Å². The molecule has 0 unspecified atom stereocenters. The molecule has 0 saturated heterocycles. The summed E-state index contributed by atoms with van der Waals surface area (Å²) < 4.78 is 10.1. The van der Waals surface area contributed by atoms with Gasteiger partial charge in [0.2, 0.25) is 0 Å². The van der Waals surface area contributed by atoms with Crippen molar-refractivity contribution in [3.8, 4) is 0 Å². The second-order valence-electron chi connectivity index (χ2n) is 6.11. The van der Waals surface area contributed by atoms with E-state index in [1.54, 1.807) is 36.4 Å². The Morgan fingerprint density at radius 1 is 1.04 bits per heavy atom. The number of esters is 1. The van der Waals surface area contributed by atoms with Gasteiger partial charge in [0.25, 0.3) is 5.91 Å². The first-order chi connectivity index (χ1) is 12.9. The standard InChI is InChI=1S/C19H23N3O5/c1-13(2)22-19(25)21-10-14-5-7-15(8-6-14)18(24)27-12-17(23)20-11-16-4-3-9-26-16/h3-9,13H,10-12H2,1-2H3,(H,20,23)(H2,21,22,25). The number of ether oxygens (including phenoxy) is 1. The van der Waals surface area contributed by atoms with Gasteiger partial charge in [-0.15, -0.1) is 0 Å². The molecular formula is C19H23N3O5. The van der Waals surface area contributed by atoms with Crippen molar-refractivity contribution < 1.29 is 23.5 Å². The smallest absolute Gasteiger partial charge is 0.338 e. The summed E-state index contributed by atoms with van der Waals surface area (Å²) in [5.74, 6) is -0.405. The first-order valence-electron chi connectivity index (χ1n) is 8.53. The second-order valence-corrected chi connectivity index (χ2v) is 6.11. The highest BCUT2D eigenvalue weighted by Gasteiger charge is 2.11. The van der Waals surface area contributed by atoms with E-state index in [4.69, 9.17) is 9.15 Å². The molecule has 0 aliphatic rings. The first kappa shape index (κ1) is 20.0. The SMILES string of the molecule is CC(C)NC(=O)NCc1ccc(C(=O)OCC(=O)NCc2ccco2)cc1. The maximum absolute atomic E-state index is 12.0. The molecule has 2 aromatic rings. The Labute approximate surface area is 157 Å². The highest BCUT2D eigenvalue weighted by molar-refractivity contribution is 5.91. The molecule has 3 amide bonds. The lowest BCUT2D eigenvalue weighted by molar-refractivity contribution is -0.124. The van der Waals surface area contributed by atoms with Crippen molar-refractivity contribution in [1.82, 2.24) is 16.0 Å². The second kappa shape index (κ2) is 10.0. The van der Waals surface area contributed by atoms with Crippen molar-refractivity contribution in [3.63, 3.8) is 0 Å². The molecule has 0 bridgehead atoms. The van der Waals surface area contributed by atoms with E-state index >= 15 is 0 Å². The summed E-state index contributed by atoms with van der Waals surface area (Å²) in [5.41, 5.74) is 1.16. The van der Waals surface area contributed by atoms with Crippen LogP contribution in [-0.4, -0.2) is 30.6 Å². The Hall–Kier alpha value is -3.29. The normalized spacial score (nSPS) is 10.3. The maximum Gasteiger partial charge on any atom is 0.338 e. The number of urea groups is 1. The van der Waals surface area contributed by atoms with Crippen LogP contribution in [0.25, 0.3) is 0 Å². The summed E-state index contributed by atoms with van der Waals surface area (Å²) in [5, 5.41) is 8.02. The van der Waals surface area contributed by atoms with Gasteiger partial charge in [0.05, 0.1) is 18.4 Å². The van der Waals surface area contributed by atoms with Gasteiger partial charge < -0.3 is 25.1 Å². The van der Waals surface area contributed by atoms with Crippen molar-refractivity contribution in [2.45, 2.75) is 33.0 Å². The fraction of sp³-hybridized carbons (Fsp3) is 0.316. The molecule has 0 spiro atoms. The Kier molecular flexibility index (Phi) is 7.42. The molecular weight excluding hydrogens is 350 g/mol. The van der Waals surface area contributed by atoms with Crippen LogP contribution in [0.15, 0.2) is 47.1 Å². The van der Waals surface area contributed by atoms with Gasteiger partial charge >= 0.3 is 12.0 Å². The van der Waals surface area contributed by atoms with E-state index in [0.717, 1.165) is 5.56 Å². The van der Waals surface area contributed by atoms with E-state index in [9.17, 15) is 14.4 Å². The number of amides is 3. The minimum absolute atomic E-state index is 0.0541. The fourth-order valence-electron chi connectivity index (χ4n) is 2.12. The third-order valence-electron chi connectivity index (χ3n) is 3.44. The third kappa shape index (κ3) is 7.23. The molecule has 0 atom stereocenters. The van der Waals surface area contributed by atoms with E-state index in [-0.39, 0.29) is 25.2 Å². The molecule has 0 aliphatic carbocycles. The number of benzene rings is 1. The van der Waals surface area contributed by atoms with Gasteiger partial charge in [-0.3, -0.25) is 4.79 Å². The van der Waals surface area contributed by atoms with E-state index in [0.29, 0.717) is 17.9 Å². The van der Waals surface area contributed by atoms with Gasteiger partial charge in [-0.25, -0.2) is 9.59 Å². The minimum atomic E-state index is -0.597. The Morgan fingerprint density at radius 3 is 2.41 bits per heavy atom. The van der Waals surface area contributed by atoms with Gasteiger partial charge in [0.1, 0.15) is 5.76 Å². The predicted octanol–water partition coefficient (Wildman–Crippen LogP) is 1.96. The Morgan fingerprint density at radius 2 is 1.78 bits per heavy atom. The van der Waals surface area contributed by atoms with Crippen molar-refractivity contribution in [1.29, 1.82) is 0 Å². The Bertz CT molecular complexity index is 754. The topological polar surface area (TPSA) is 110 Å². The summed E-state index contributed by atoms with van der Waals surface area (Å²) >= 11 is 0. The largest absolute Gasteiger partial charge is 0.467 e. The average Bonchev–Trinajstić information content (AvgIpc) is 3.16. The van der Waals surface area contributed by atoms with E-state index in [2.05, 4.69) is 16.0 Å². The zero-order valence-electron chi connectivity index (χ0n) is 15.3. The zero-order valence-corrected chi connectivity index (χ0v) is 15.3. The van der Waals surface area contributed by atoms with Crippen LogP contribution >= 0.6 is 0 Å². The summed E-state index contributed by atoms with van der Waals surface area (Å²) in [6, 6.07) is 9.84. The lowest BCUT2D eigenvalue weighted by atomic mass is 10.1.